The molecule has 118 valence electrons. The minimum Gasteiger partial charge on any atom is -0.316 e. The highest BCUT2D eigenvalue weighted by Gasteiger charge is 2.37. The zero-order valence-electron chi connectivity index (χ0n) is 14.3. The van der Waals surface area contributed by atoms with Gasteiger partial charge in [-0.05, 0) is 63.5 Å². The molecule has 2 aliphatic carbocycles. The summed E-state index contributed by atoms with van der Waals surface area (Å²) in [6.45, 7) is 10.8. The Morgan fingerprint density at radius 1 is 1.10 bits per heavy atom. The van der Waals surface area contributed by atoms with Crippen LogP contribution < -0.4 is 5.32 Å². The molecule has 1 atom stereocenters. The molecule has 0 heterocycles. The Hall–Kier alpha value is -0.0800. The van der Waals surface area contributed by atoms with Gasteiger partial charge in [-0.3, -0.25) is 0 Å². The van der Waals surface area contributed by atoms with Gasteiger partial charge in [0.15, 0.2) is 0 Å². The van der Waals surface area contributed by atoms with Gasteiger partial charge < -0.3 is 10.2 Å². The fraction of sp³-hybridized carbons (Fsp3) is 1.00. The fourth-order valence-electron chi connectivity index (χ4n) is 3.93. The second kappa shape index (κ2) is 7.26. The number of rotatable bonds is 8. The highest BCUT2D eigenvalue weighted by atomic mass is 15.1. The summed E-state index contributed by atoms with van der Waals surface area (Å²) in [5, 5.41) is 3.76. The Bertz CT molecular complexity index is 277. The molecule has 0 aromatic rings. The molecule has 1 N–H and O–H groups in total. The maximum Gasteiger partial charge on any atom is 0.00923 e. The average molecular weight is 280 g/mol. The molecule has 0 aromatic carbocycles. The predicted octanol–water partition coefficient (Wildman–Crippen LogP) is 3.91. The Balaban J connectivity index is 1.87. The van der Waals surface area contributed by atoms with Crippen molar-refractivity contribution in [2.24, 2.45) is 17.3 Å². The van der Waals surface area contributed by atoms with Crippen LogP contribution >= 0.6 is 0 Å². The molecule has 2 aliphatic rings. The third kappa shape index (κ3) is 4.73. The summed E-state index contributed by atoms with van der Waals surface area (Å²) >= 11 is 0. The van der Waals surface area contributed by atoms with Crippen molar-refractivity contribution in [3.8, 4) is 0 Å². The molecule has 0 amide bonds. The second-order valence-corrected chi connectivity index (χ2v) is 8.08. The molecule has 0 bridgehead atoms. The lowest BCUT2D eigenvalue weighted by Gasteiger charge is -2.42. The molecule has 20 heavy (non-hydrogen) atoms. The van der Waals surface area contributed by atoms with E-state index in [4.69, 9.17) is 0 Å². The van der Waals surface area contributed by atoms with Gasteiger partial charge in [0.1, 0.15) is 0 Å². The van der Waals surface area contributed by atoms with Gasteiger partial charge in [-0.25, -0.2) is 0 Å². The van der Waals surface area contributed by atoms with Crippen molar-refractivity contribution in [3.63, 3.8) is 0 Å². The topological polar surface area (TPSA) is 15.3 Å². The smallest absolute Gasteiger partial charge is 0.00923 e. The molecular formula is C18H36N2. The van der Waals surface area contributed by atoms with E-state index in [9.17, 15) is 0 Å². The largest absolute Gasteiger partial charge is 0.316 e. The third-order valence-corrected chi connectivity index (χ3v) is 5.55. The van der Waals surface area contributed by atoms with Gasteiger partial charge in [0.25, 0.3) is 0 Å². The van der Waals surface area contributed by atoms with E-state index in [1.165, 1.54) is 64.6 Å². The van der Waals surface area contributed by atoms with E-state index in [2.05, 4.69) is 38.0 Å². The van der Waals surface area contributed by atoms with Gasteiger partial charge in [-0.2, -0.15) is 0 Å². The molecule has 1 unspecified atom stereocenters. The summed E-state index contributed by atoms with van der Waals surface area (Å²) in [7, 11) is 2.36. The Labute approximate surface area is 126 Å². The normalized spacial score (nSPS) is 24.3. The van der Waals surface area contributed by atoms with Crippen LogP contribution in [-0.4, -0.2) is 37.6 Å². The maximum absolute atomic E-state index is 3.76. The minimum atomic E-state index is 0.547. The summed E-state index contributed by atoms with van der Waals surface area (Å²) in [6.07, 6.45) is 10.1. The van der Waals surface area contributed by atoms with Crippen molar-refractivity contribution in [1.82, 2.24) is 10.2 Å². The lowest BCUT2D eigenvalue weighted by atomic mass is 9.73. The molecule has 2 nitrogen and oxygen atoms in total. The lowest BCUT2D eigenvalue weighted by molar-refractivity contribution is 0.0903. The van der Waals surface area contributed by atoms with Crippen molar-refractivity contribution >= 4 is 0 Å². The molecule has 0 radical (unpaired) electrons. The van der Waals surface area contributed by atoms with Crippen LogP contribution in [0.25, 0.3) is 0 Å². The minimum absolute atomic E-state index is 0.547. The van der Waals surface area contributed by atoms with Gasteiger partial charge in [0, 0.05) is 19.1 Å². The monoisotopic (exact) mass is 280 g/mol. The molecule has 0 aliphatic heterocycles. The highest BCUT2D eigenvalue weighted by Crippen LogP contribution is 2.39. The van der Waals surface area contributed by atoms with Crippen molar-refractivity contribution in [2.75, 3.05) is 26.7 Å². The van der Waals surface area contributed by atoms with Gasteiger partial charge in [-0.1, -0.05) is 33.1 Å². The fourth-order valence-corrected chi connectivity index (χ4v) is 3.93. The number of hydrogen-bond acceptors (Lipinski definition) is 2. The first-order valence-electron chi connectivity index (χ1n) is 8.93. The van der Waals surface area contributed by atoms with E-state index < -0.39 is 0 Å². The lowest BCUT2D eigenvalue weighted by Crippen LogP contribution is -2.47. The number of hydrogen-bond donors (Lipinski definition) is 1. The highest BCUT2D eigenvalue weighted by molar-refractivity contribution is 4.91. The molecule has 2 fully saturated rings. The van der Waals surface area contributed by atoms with Crippen molar-refractivity contribution in [2.45, 2.75) is 71.8 Å². The van der Waals surface area contributed by atoms with E-state index in [0.717, 1.165) is 17.9 Å². The first kappa shape index (κ1) is 16.3. The first-order chi connectivity index (χ1) is 9.52. The van der Waals surface area contributed by atoms with Crippen molar-refractivity contribution in [3.05, 3.63) is 0 Å². The van der Waals surface area contributed by atoms with Crippen LogP contribution in [0.1, 0.15) is 65.7 Å². The van der Waals surface area contributed by atoms with Gasteiger partial charge in [0.2, 0.25) is 0 Å². The van der Waals surface area contributed by atoms with Crippen LogP contribution in [-0.2, 0) is 0 Å². The SMILES string of the molecule is CC(C)CNCC1(CN(C)C(C)C2CC2)CCCCC1. The van der Waals surface area contributed by atoms with Crippen LogP contribution in [0.2, 0.25) is 0 Å². The summed E-state index contributed by atoms with van der Waals surface area (Å²) < 4.78 is 0. The number of nitrogens with zero attached hydrogens (tertiary/aromatic N) is 1. The first-order valence-corrected chi connectivity index (χ1v) is 8.93. The molecule has 0 spiro atoms. The van der Waals surface area contributed by atoms with Gasteiger partial charge in [-0.15, -0.1) is 0 Å². The average Bonchev–Trinajstić information content (AvgIpc) is 3.22. The van der Waals surface area contributed by atoms with Crippen LogP contribution in [0.5, 0.6) is 0 Å². The Kier molecular flexibility index (Phi) is 5.92. The third-order valence-electron chi connectivity index (χ3n) is 5.55. The zero-order chi connectivity index (χ0) is 14.6. The van der Waals surface area contributed by atoms with Gasteiger partial charge >= 0.3 is 0 Å². The molecule has 2 rings (SSSR count). The molecular weight excluding hydrogens is 244 g/mol. The molecule has 0 saturated heterocycles. The zero-order valence-corrected chi connectivity index (χ0v) is 14.3. The molecule has 0 aromatic heterocycles. The van der Waals surface area contributed by atoms with Gasteiger partial charge in [0.05, 0.1) is 0 Å². The van der Waals surface area contributed by atoms with E-state index in [1.807, 2.05) is 0 Å². The summed E-state index contributed by atoms with van der Waals surface area (Å²) in [4.78, 5) is 2.67. The Morgan fingerprint density at radius 3 is 2.30 bits per heavy atom. The summed E-state index contributed by atoms with van der Waals surface area (Å²) in [6, 6.07) is 0.791. The van der Waals surface area contributed by atoms with Crippen molar-refractivity contribution in [1.29, 1.82) is 0 Å². The summed E-state index contributed by atoms with van der Waals surface area (Å²) in [5.41, 5.74) is 0.547. The van der Waals surface area contributed by atoms with Crippen LogP contribution in [0.4, 0.5) is 0 Å². The number of nitrogens with one attached hydrogen (secondary N) is 1. The van der Waals surface area contributed by atoms with E-state index in [0.29, 0.717) is 5.41 Å². The standard InChI is InChI=1S/C18H36N2/c1-15(2)12-19-13-18(10-6-5-7-11-18)14-20(4)16(3)17-8-9-17/h15-17,19H,5-14H2,1-4H3. The van der Waals surface area contributed by atoms with E-state index >= 15 is 0 Å². The molecule has 2 saturated carbocycles. The Morgan fingerprint density at radius 2 is 1.75 bits per heavy atom. The van der Waals surface area contributed by atoms with E-state index in [1.54, 1.807) is 0 Å². The van der Waals surface area contributed by atoms with Crippen LogP contribution in [0.15, 0.2) is 0 Å². The summed E-state index contributed by atoms with van der Waals surface area (Å²) in [5.74, 6) is 1.75. The second-order valence-electron chi connectivity index (χ2n) is 8.08. The quantitative estimate of drug-likeness (QED) is 0.725. The maximum atomic E-state index is 3.76. The van der Waals surface area contributed by atoms with Crippen molar-refractivity contribution < 1.29 is 0 Å². The van der Waals surface area contributed by atoms with Crippen LogP contribution in [0.3, 0.4) is 0 Å². The van der Waals surface area contributed by atoms with Crippen LogP contribution in [0, 0.1) is 17.3 Å². The predicted molar refractivity (Wildman–Crippen MR) is 88.0 cm³/mol. The molecule has 2 heteroatoms. The van der Waals surface area contributed by atoms with E-state index in [-0.39, 0.29) is 0 Å².